The minimum Gasteiger partial charge on any atom is -0.378 e. The number of nitrogens with one attached hydrogen (secondary N) is 1. The molecular weight excluding hydrogens is 328 g/mol. The molecule has 0 amide bonds. The second kappa shape index (κ2) is 7.13. The molecule has 134 valence electrons. The van der Waals surface area contributed by atoms with Crippen LogP contribution in [0.15, 0.2) is 41.5 Å². The van der Waals surface area contributed by atoms with E-state index in [1.807, 2.05) is 35.7 Å². The molecule has 26 heavy (non-hydrogen) atoms. The van der Waals surface area contributed by atoms with Gasteiger partial charge in [0.05, 0.1) is 25.1 Å². The Kier molecular flexibility index (Phi) is 4.53. The molecule has 0 radical (unpaired) electrons. The molecule has 0 saturated carbocycles. The number of aryl methyl sites for hydroxylation is 2. The van der Waals surface area contributed by atoms with Crippen molar-refractivity contribution in [1.29, 1.82) is 0 Å². The largest absolute Gasteiger partial charge is 0.378 e. The minimum atomic E-state index is 0.697. The summed E-state index contributed by atoms with van der Waals surface area (Å²) in [5.41, 5.74) is 7.05. The Bertz CT molecular complexity index is 942. The summed E-state index contributed by atoms with van der Waals surface area (Å²) in [6.45, 7) is 7.16. The van der Waals surface area contributed by atoms with Crippen molar-refractivity contribution < 1.29 is 4.74 Å². The van der Waals surface area contributed by atoms with Gasteiger partial charge >= 0.3 is 0 Å². The van der Waals surface area contributed by atoms with E-state index < -0.39 is 0 Å². The zero-order valence-electron chi connectivity index (χ0n) is 15.0. The summed E-state index contributed by atoms with van der Waals surface area (Å²) >= 11 is 0. The lowest BCUT2D eigenvalue weighted by molar-refractivity contribution is 0.122. The van der Waals surface area contributed by atoms with E-state index in [4.69, 9.17) is 4.74 Å². The molecule has 1 aromatic carbocycles. The Morgan fingerprint density at radius 1 is 1.15 bits per heavy atom. The Morgan fingerprint density at radius 3 is 2.81 bits per heavy atom. The van der Waals surface area contributed by atoms with Gasteiger partial charge in [-0.05, 0) is 19.4 Å². The molecule has 2 aromatic heterocycles. The minimum absolute atomic E-state index is 0.697. The summed E-state index contributed by atoms with van der Waals surface area (Å²) in [6.07, 6.45) is 1.80. The van der Waals surface area contributed by atoms with Crippen molar-refractivity contribution in [2.75, 3.05) is 36.6 Å². The fourth-order valence-electron chi connectivity index (χ4n) is 3.07. The lowest BCUT2D eigenvalue weighted by Gasteiger charge is -2.29. The van der Waals surface area contributed by atoms with E-state index in [0.29, 0.717) is 5.82 Å². The average Bonchev–Trinajstić information content (AvgIpc) is 3.02. The number of hydrogen-bond donors (Lipinski definition) is 1. The number of anilines is 2. The molecule has 7 nitrogen and oxygen atoms in total. The van der Waals surface area contributed by atoms with Crippen LogP contribution >= 0.6 is 0 Å². The third-order valence-electron chi connectivity index (χ3n) is 4.30. The number of morpholine rings is 1. The van der Waals surface area contributed by atoms with E-state index in [1.54, 1.807) is 6.21 Å². The molecule has 0 spiro atoms. The molecule has 1 N–H and O–H groups in total. The molecule has 0 aliphatic carbocycles. The van der Waals surface area contributed by atoms with Gasteiger partial charge in [0, 0.05) is 25.2 Å². The number of hydrogen-bond acceptors (Lipinski definition) is 6. The van der Waals surface area contributed by atoms with Crippen LogP contribution in [0.3, 0.4) is 0 Å². The molecule has 0 bridgehead atoms. The van der Waals surface area contributed by atoms with Crippen molar-refractivity contribution in [2.24, 2.45) is 5.10 Å². The SMILES string of the molecule is Cc1cccc(/C=N/Nc2cc(N3CCOCC3)n3nc(C)cc3n2)c1. The maximum absolute atomic E-state index is 5.47. The lowest BCUT2D eigenvalue weighted by atomic mass is 10.2. The van der Waals surface area contributed by atoms with E-state index in [-0.39, 0.29) is 0 Å². The van der Waals surface area contributed by atoms with Gasteiger partial charge in [-0.2, -0.15) is 14.7 Å². The standard InChI is InChI=1S/C19H22N6O/c1-14-4-3-5-16(10-14)13-20-22-17-12-19(24-6-8-26-9-7-24)25-18(21-17)11-15(2)23-25/h3-5,10-13H,6-9H2,1-2H3,(H,21,22)/b20-13+. The van der Waals surface area contributed by atoms with Crippen LogP contribution in [-0.2, 0) is 4.74 Å². The fraction of sp³-hybridized carbons (Fsp3) is 0.316. The monoisotopic (exact) mass is 350 g/mol. The predicted molar refractivity (Wildman–Crippen MR) is 103 cm³/mol. The molecule has 0 atom stereocenters. The van der Waals surface area contributed by atoms with Gasteiger partial charge in [-0.1, -0.05) is 29.8 Å². The highest BCUT2D eigenvalue weighted by atomic mass is 16.5. The lowest BCUT2D eigenvalue weighted by Crippen LogP contribution is -2.37. The van der Waals surface area contributed by atoms with Gasteiger partial charge in [-0.3, -0.25) is 5.43 Å². The molecule has 1 aliphatic heterocycles. The number of rotatable bonds is 4. The number of nitrogens with zero attached hydrogens (tertiary/aromatic N) is 5. The highest BCUT2D eigenvalue weighted by molar-refractivity contribution is 5.80. The molecule has 7 heteroatoms. The number of ether oxygens (including phenoxy) is 1. The van der Waals surface area contributed by atoms with Crippen LogP contribution in [0.2, 0.25) is 0 Å². The van der Waals surface area contributed by atoms with Crippen molar-refractivity contribution in [3.05, 3.63) is 53.2 Å². The van der Waals surface area contributed by atoms with Gasteiger partial charge in [0.2, 0.25) is 0 Å². The highest BCUT2D eigenvalue weighted by Gasteiger charge is 2.17. The van der Waals surface area contributed by atoms with Crippen LogP contribution < -0.4 is 10.3 Å². The smallest absolute Gasteiger partial charge is 0.160 e. The quantitative estimate of drug-likeness (QED) is 0.579. The van der Waals surface area contributed by atoms with Crippen molar-refractivity contribution in [2.45, 2.75) is 13.8 Å². The van der Waals surface area contributed by atoms with Crippen molar-refractivity contribution in [1.82, 2.24) is 14.6 Å². The zero-order chi connectivity index (χ0) is 17.9. The van der Waals surface area contributed by atoms with Crippen LogP contribution in [0.4, 0.5) is 11.6 Å². The second-order valence-corrected chi connectivity index (χ2v) is 6.44. The van der Waals surface area contributed by atoms with E-state index in [9.17, 15) is 0 Å². The summed E-state index contributed by atoms with van der Waals surface area (Å²) < 4.78 is 7.35. The summed E-state index contributed by atoms with van der Waals surface area (Å²) in [5.74, 6) is 1.70. The number of aromatic nitrogens is 3. The molecule has 3 heterocycles. The maximum Gasteiger partial charge on any atom is 0.160 e. The molecule has 0 unspecified atom stereocenters. The Hall–Kier alpha value is -2.93. The van der Waals surface area contributed by atoms with Crippen LogP contribution in [0, 0.1) is 13.8 Å². The van der Waals surface area contributed by atoms with Crippen LogP contribution in [0.5, 0.6) is 0 Å². The van der Waals surface area contributed by atoms with Crippen molar-refractivity contribution in [3.63, 3.8) is 0 Å². The first-order valence-electron chi connectivity index (χ1n) is 8.75. The molecular formula is C19H22N6O. The van der Waals surface area contributed by atoms with Crippen LogP contribution in [0.25, 0.3) is 5.65 Å². The van der Waals surface area contributed by atoms with E-state index in [2.05, 4.69) is 44.6 Å². The van der Waals surface area contributed by atoms with Gasteiger partial charge in [0.1, 0.15) is 5.82 Å². The van der Waals surface area contributed by atoms with Gasteiger partial charge in [-0.15, -0.1) is 0 Å². The summed E-state index contributed by atoms with van der Waals surface area (Å²) in [7, 11) is 0. The third-order valence-corrected chi connectivity index (χ3v) is 4.30. The molecule has 1 aliphatic rings. The topological polar surface area (TPSA) is 67.0 Å². The molecule has 4 rings (SSSR count). The Morgan fingerprint density at radius 2 is 2.00 bits per heavy atom. The van der Waals surface area contributed by atoms with E-state index in [0.717, 1.165) is 49.0 Å². The van der Waals surface area contributed by atoms with Crippen molar-refractivity contribution >= 4 is 23.5 Å². The van der Waals surface area contributed by atoms with Crippen LogP contribution in [0.1, 0.15) is 16.8 Å². The summed E-state index contributed by atoms with van der Waals surface area (Å²) in [4.78, 5) is 6.88. The normalized spacial score (nSPS) is 15.1. The Labute approximate surface area is 152 Å². The predicted octanol–water partition coefficient (Wildman–Crippen LogP) is 2.63. The third kappa shape index (κ3) is 3.52. The Balaban J connectivity index is 1.62. The molecule has 1 fully saturated rings. The first-order chi connectivity index (χ1) is 12.7. The molecule has 3 aromatic rings. The summed E-state index contributed by atoms with van der Waals surface area (Å²) in [6, 6.07) is 12.1. The van der Waals surface area contributed by atoms with Crippen LogP contribution in [-0.4, -0.2) is 47.1 Å². The summed E-state index contributed by atoms with van der Waals surface area (Å²) in [5, 5.41) is 8.91. The number of benzene rings is 1. The van der Waals surface area contributed by atoms with E-state index in [1.165, 1.54) is 5.56 Å². The zero-order valence-corrected chi connectivity index (χ0v) is 15.0. The maximum atomic E-state index is 5.47. The van der Waals surface area contributed by atoms with E-state index >= 15 is 0 Å². The fourth-order valence-corrected chi connectivity index (χ4v) is 3.07. The second-order valence-electron chi connectivity index (χ2n) is 6.44. The van der Waals surface area contributed by atoms with Gasteiger partial charge in [-0.25, -0.2) is 4.98 Å². The van der Waals surface area contributed by atoms with Gasteiger partial charge < -0.3 is 9.64 Å². The highest BCUT2D eigenvalue weighted by Crippen LogP contribution is 2.22. The number of fused-ring (bicyclic) bond motifs is 1. The van der Waals surface area contributed by atoms with Crippen molar-refractivity contribution in [3.8, 4) is 0 Å². The van der Waals surface area contributed by atoms with Gasteiger partial charge in [0.15, 0.2) is 11.5 Å². The molecule has 1 saturated heterocycles. The average molecular weight is 350 g/mol. The first kappa shape index (κ1) is 16.5. The first-order valence-corrected chi connectivity index (χ1v) is 8.75. The van der Waals surface area contributed by atoms with Gasteiger partial charge in [0.25, 0.3) is 0 Å². The number of hydrazone groups is 1.